The Hall–Kier alpha value is -3.05. The number of hydrogen-bond donors (Lipinski definition) is 4. The summed E-state index contributed by atoms with van der Waals surface area (Å²) in [4.78, 5) is 68.6. The number of Topliss-reactive ketones (excluding diaryl/α,β-unsaturated/α-hetero) is 1. The Labute approximate surface area is 291 Å². The van der Waals surface area contributed by atoms with Gasteiger partial charge in [0.2, 0.25) is 11.7 Å². The standard InChI is InChI=1S/C35H50N2O13/c1-5-8-30-49-28-16-24-23-10-9-21-15-22(39)11-12-33(21,3)31(23)26(40)18-34(24,4)35(28,50-30)27(41)19-47-29(42)17-25(36-20(2)38)32(43)46-13-6-7-14-48-37(44)45/h11-12,15,23-26,28,30-31,40,44-45H,5-10,13-14,16-19H2,1-4H3,(H,36,38)/t23-,24?,25?,26-,28+,30?,31?,33-,34-,35+/m0/s1. The monoisotopic (exact) mass is 706 g/mol. The van der Waals surface area contributed by atoms with Crippen LogP contribution in [-0.2, 0) is 47.8 Å². The molecule has 0 aromatic rings. The number of aliphatic hydroxyl groups is 1. The first-order valence-corrected chi connectivity index (χ1v) is 17.5. The van der Waals surface area contributed by atoms with Gasteiger partial charge < -0.3 is 29.4 Å². The van der Waals surface area contributed by atoms with E-state index in [0.29, 0.717) is 32.1 Å². The molecule has 4 unspecified atom stereocenters. The van der Waals surface area contributed by atoms with Crippen LogP contribution in [-0.4, -0.2) is 100 Å². The molecular weight excluding hydrogens is 656 g/mol. The van der Waals surface area contributed by atoms with Crippen LogP contribution < -0.4 is 5.32 Å². The molecule has 4 N–H and O–H groups in total. The zero-order valence-electron chi connectivity index (χ0n) is 29.1. The van der Waals surface area contributed by atoms with Gasteiger partial charge in [0.05, 0.1) is 37.2 Å². The van der Waals surface area contributed by atoms with Gasteiger partial charge in [-0.1, -0.05) is 38.8 Å². The average molecular weight is 707 g/mol. The molecule has 278 valence electrons. The summed E-state index contributed by atoms with van der Waals surface area (Å²) in [5.41, 5.74) is -1.80. The summed E-state index contributed by atoms with van der Waals surface area (Å²) in [6, 6.07) is -1.36. The maximum absolute atomic E-state index is 14.4. The van der Waals surface area contributed by atoms with Gasteiger partial charge in [0.25, 0.3) is 0 Å². The van der Waals surface area contributed by atoms with E-state index in [1.54, 1.807) is 12.2 Å². The van der Waals surface area contributed by atoms with Gasteiger partial charge in [-0.05, 0) is 68.9 Å². The molecule has 0 spiro atoms. The molecule has 3 saturated carbocycles. The second-order valence-corrected chi connectivity index (χ2v) is 14.6. The lowest BCUT2D eigenvalue weighted by Crippen LogP contribution is -2.63. The minimum atomic E-state index is -1.48. The topological polar surface area (TPSA) is 207 Å². The van der Waals surface area contributed by atoms with Crippen molar-refractivity contribution in [2.24, 2.45) is 28.6 Å². The van der Waals surface area contributed by atoms with Crippen LogP contribution >= 0.6 is 0 Å². The number of unbranched alkanes of at least 4 members (excludes halogenated alkanes) is 1. The molecule has 0 radical (unpaired) electrons. The number of carbonyl (C=O) groups excluding carboxylic acids is 5. The maximum Gasteiger partial charge on any atom is 0.329 e. The van der Waals surface area contributed by atoms with E-state index in [2.05, 4.69) is 17.1 Å². The fraction of sp³-hybridized carbons (Fsp3) is 0.743. The molecule has 10 atom stereocenters. The molecule has 0 aromatic carbocycles. The lowest BCUT2D eigenvalue weighted by atomic mass is 9.46. The third kappa shape index (κ3) is 7.18. The number of aliphatic hydroxyl groups excluding tert-OH is 1. The van der Waals surface area contributed by atoms with Crippen molar-refractivity contribution in [3.05, 3.63) is 23.8 Å². The first-order chi connectivity index (χ1) is 23.7. The average Bonchev–Trinajstić information content (AvgIpc) is 3.52. The molecule has 1 aliphatic heterocycles. The van der Waals surface area contributed by atoms with Gasteiger partial charge in [-0.15, -0.1) is 0 Å². The lowest BCUT2D eigenvalue weighted by molar-refractivity contribution is -0.492. The van der Waals surface area contributed by atoms with Gasteiger partial charge in [-0.3, -0.25) is 34.4 Å². The normalized spacial score (nSPS) is 36.1. The van der Waals surface area contributed by atoms with Crippen LogP contribution in [0.25, 0.3) is 0 Å². The summed E-state index contributed by atoms with van der Waals surface area (Å²) in [5, 5.41) is 31.0. The highest BCUT2D eigenvalue weighted by atomic mass is 17.1. The molecule has 1 heterocycles. The highest BCUT2D eigenvalue weighted by Gasteiger charge is 2.75. The summed E-state index contributed by atoms with van der Waals surface area (Å²) < 4.78 is 23.6. The number of carbonyl (C=O) groups is 5. The molecule has 15 nitrogen and oxygen atoms in total. The van der Waals surface area contributed by atoms with Crippen molar-refractivity contribution in [2.75, 3.05) is 19.8 Å². The van der Waals surface area contributed by atoms with Crippen molar-refractivity contribution in [2.45, 2.75) is 116 Å². The Morgan fingerprint density at radius 2 is 1.88 bits per heavy atom. The van der Waals surface area contributed by atoms with Crippen molar-refractivity contribution < 1.29 is 63.3 Å². The Morgan fingerprint density at radius 3 is 2.58 bits per heavy atom. The SMILES string of the molecule is CCCC1O[C@@H]2CC3[C@@H]4CCC5=CC(=O)C=C[C@]5(C)C4[C@@H](O)C[C@]3(C)[C@]2(C(=O)COC(=O)CC(NC(C)=O)C(=O)OCCCCON(O)O)O1. The van der Waals surface area contributed by atoms with E-state index in [0.717, 1.165) is 18.4 Å². The van der Waals surface area contributed by atoms with Gasteiger partial charge in [0.15, 0.2) is 24.3 Å². The molecule has 4 aliphatic carbocycles. The number of nitrogens with zero attached hydrogens (tertiary/aromatic N) is 1. The van der Waals surface area contributed by atoms with Crippen molar-refractivity contribution in [3.63, 3.8) is 0 Å². The number of fused-ring (bicyclic) bond motifs is 7. The van der Waals surface area contributed by atoms with E-state index in [1.807, 2.05) is 19.9 Å². The summed E-state index contributed by atoms with van der Waals surface area (Å²) in [5.74, 6) is -3.09. The minimum absolute atomic E-state index is 0.0226. The number of esters is 2. The number of ether oxygens (including phenoxy) is 4. The van der Waals surface area contributed by atoms with Crippen molar-refractivity contribution in [1.29, 1.82) is 0 Å². The van der Waals surface area contributed by atoms with E-state index in [-0.39, 0.29) is 43.2 Å². The summed E-state index contributed by atoms with van der Waals surface area (Å²) in [6.45, 7) is 6.43. The van der Waals surface area contributed by atoms with E-state index >= 15 is 0 Å². The van der Waals surface area contributed by atoms with Crippen LogP contribution in [0.3, 0.4) is 0 Å². The Kier molecular flexibility index (Phi) is 11.7. The molecule has 5 aliphatic rings. The van der Waals surface area contributed by atoms with Crippen molar-refractivity contribution in [3.8, 4) is 0 Å². The molecule has 0 aromatic heterocycles. The van der Waals surface area contributed by atoms with Crippen molar-refractivity contribution in [1.82, 2.24) is 10.7 Å². The first-order valence-electron chi connectivity index (χ1n) is 17.5. The quantitative estimate of drug-likeness (QED) is 0.110. The predicted molar refractivity (Wildman–Crippen MR) is 171 cm³/mol. The molecule has 1 saturated heterocycles. The first kappa shape index (κ1) is 38.2. The van der Waals surface area contributed by atoms with Crippen LogP contribution in [0.5, 0.6) is 0 Å². The predicted octanol–water partition coefficient (Wildman–Crippen LogP) is 2.50. The molecule has 5 rings (SSSR count). The number of ketones is 2. The van der Waals surface area contributed by atoms with Crippen LogP contribution in [0.2, 0.25) is 0 Å². The van der Waals surface area contributed by atoms with E-state index in [1.165, 1.54) is 6.92 Å². The lowest BCUT2D eigenvalue weighted by Gasteiger charge is -2.59. The van der Waals surface area contributed by atoms with Gasteiger partial charge >= 0.3 is 11.9 Å². The molecule has 1 amide bonds. The van der Waals surface area contributed by atoms with E-state index in [9.17, 15) is 29.1 Å². The van der Waals surface area contributed by atoms with Gasteiger partial charge in [-0.2, -0.15) is 0 Å². The summed E-state index contributed by atoms with van der Waals surface area (Å²) in [6.07, 6.45) is 6.71. The number of hydrogen-bond acceptors (Lipinski definition) is 14. The summed E-state index contributed by atoms with van der Waals surface area (Å²) >= 11 is 0. The number of amides is 1. The molecule has 4 fully saturated rings. The maximum atomic E-state index is 14.4. The molecule has 50 heavy (non-hydrogen) atoms. The smallest absolute Gasteiger partial charge is 0.329 e. The number of nitrogens with one attached hydrogen (secondary N) is 1. The summed E-state index contributed by atoms with van der Waals surface area (Å²) in [7, 11) is 0. The zero-order chi connectivity index (χ0) is 36.4. The highest BCUT2D eigenvalue weighted by molar-refractivity contribution is 6.01. The van der Waals surface area contributed by atoms with Crippen LogP contribution in [0, 0.1) is 28.6 Å². The largest absolute Gasteiger partial charge is 0.464 e. The fourth-order valence-corrected chi connectivity index (χ4v) is 9.55. The molecular formula is C35H50N2O13. The van der Waals surface area contributed by atoms with E-state index < -0.39 is 83.0 Å². The van der Waals surface area contributed by atoms with Crippen LogP contribution in [0.1, 0.15) is 85.5 Å². The van der Waals surface area contributed by atoms with Crippen LogP contribution in [0.15, 0.2) is 23.8 Å². The highest BCUT2D eigenvalue weighted by Crippen LogP contribution is 2.69. The van der Waals surface area contributed by atoms with E-state index in [4.69, 9.17) is 29.4 Å². The molecule has 0 bridgehead atoms. The van der Waals surface area contributed by atoms with Gasteiger partial charge in [0, 0.05) is 23.7 Å². The number of allylic oxidation sites excluding steroid dienone is 4. The van der Waals surface area contributed by atoms with Gasteiger partial charge in [-0.25, -0.2) is 4.79 Å². The van der Waals surface area contributed by atoms with Crippen LogP contribution in [0.4, 0.5) is 0 Å². The second kappa shape index (κ2) is 15.3. The number of rotatable bonds is 15. The Balaban J connectivity index is 1.28. The second-order valence-electron chi connectivity index (χ2n) is 14.6. The van der Waals surface area contributed by atoms with Gasteiger partial charge in [0.1, 0.15) is 6.04 Å². The zero-order valence-corrected chi connectivity index (χ0v) is 29.1. The third-order valence-electron chi connectivity index (χ3n) is 11.6. The van der Waals surface area contributed by atoms with Crippen molar-refractivity contribution >= 4 is 29.4 Å². The minimum Gasteiger partial charge on any atom is -0.464 e. The Morgan fingerprint density at radius 1 is 1.14 bits per heavy atom. The Bertz CT molecular complexity index is 1400. The molecule has 15 heteroatoms. The fourth-order valence-electron chi connectivity index (χ4n) is 9.55. The third-order valence-corrected chi connectivity index (χ3v) is 11.6.